The molecule has 1 amide bonds. The molecule has 1 heterocycles. The number of carbonyl (C=O) groups excluding carboxylic acids is 1. The average Bonchev–Trinajstić information content (AvgIpc) is 2.89. The number of thiazole rings is 1. The van der Waals surface area contributed by atoms with Crippen LogP contribution in [0.4, 0.5) is 5.13 Å². The lowest BCUT2D eigenvalue weighted by Crippen LogP contribution is -2.12. The molecule has 0 atom stereocenters. The SMILES string of the molecule is Cc1cc(C)c2nc(NC(=O)c3ccc(Cl)c(S(C)(=O)=O)c3)sc2c1. The number of nitrogens with zero attached hydrogens (tertiary/aromatic N) is 1. The first kappa shape index (κ1) is 17.8. The van der Waals surface area contributed by atoms with Gasteiger partial charge in [0.05, 0.1) is 20.1 Å². The van der Waals surface area contributed by atoms with Crippen molar-refractivity contribution in [1.82, 2.24) is 4.98 Å². The molecule has 8 heteroatoms. The van der Waals surface area contributed by atoms with Crippen LogP contribution in [0.1, 0.15) is 21.5 Å². The molecular formula is C17H15ClN2O3S2. The van der Waals surface area contributed by atoms with Gasteiger partial charge in [0, 0.05) is 11.8 Å². The maximum atomic E-state index is 12.5. The number of anilines is 1. The molecule has 0 spiro atoms. The third kappa shape index (κ3) is 3.68. The van der Waals surface area contributed by atoms with Gasteiger partial charge < -0.3 is 0 Å². The number of halogens is 1. The summed E-state index contributed by atoms with van der Waals surface area (Å²) in [5, 5.41) is 3.27. The molecule has 0 aliphatic heterocycles. The second kappa shape index (κ2) is 6.40. The Balaban J connectivity index is 1.94. The Morgan fingerprint density at radius 3 is 2.60 bits per heavy atom. The smallest absolute Gasteiger partial charge is 0.257 e. The zero-order chi connectivity index (χ0) is 18.4. The van der Waals surface area contributed by atoms with E-state index in [1.807, 2.05) is 26.0 Å². The van der Waals surface area contributed by atoms with Crippen LogP contribution in [-0.4, -0.2) is 25.6 Å². The number of sulfone groups is 1. The van der Waals surface area contributed by atoms with Crippen LogP contribution in [0.5, 0.6) is 0 Å². The Labute approximate surface area is 154 Å². The van der Waals surface area contributed by atoms with Crippen molar-refractivity contribution in [2.45, 2.75) is 18.7 Å². The van der Waals surface area contributed by atoms with Gasteiger partial charge in [0.25, 0.3) is 5.91 Å². The second-order valence-electron chi connectivity index (χ2n) is 5.82. The molecule has 1 aromatic heterocycles. The lowest BCUT2D eigenvalue weighted by Gasteiger charge is -2.06. The molecule has 0 saturated carbocycles. The van der Waals surface area contributed by atoms with Crippen molar-refractivity contribution in [3.63, 3.8) is 0 Å². The first-order chi connectivity index (χ1) is 11.6. The van der Waals surface area contributed by atoms with E-state index in [-0.39, 0.29) is 15.5 Å². The molecule has 0 unspecified atom stereocenters. The van der Waals surface area contributed by atoms with Gasteiger partial charge in [-0.2, -0.15) is 0 Å². The van der Waals surface area contributed by atoms with Gasteiger partial charge in [-0.1, -0.05) is 29.0 Å². The number of rotatable bonds is 3. The summed E-state index contributed by atoms with van der Waals surface area (Å²) < 4.78 is 24.5. The van der Waals surface area contributed by atoms with Gasteiger partial charge in [-0.3, -0.25) is 10.1 Å². The fourth-order valence-corrected chi connectivity index (χ4v) is 4.86. The highest BCUT2D eigenvalue weighted by molar-refractivity contribution is 7.90. The Bertz CT molecular complexity index is 1100. The summed E-state index contributed by atoms with van der Waals surface area (Å²) in [7, 11) is -3.52. The van der Waals surface area contributed by atoms with Gasteiger partial charge in [-0.25, -0.2) is 13.4 Å². The molecule has 0 aliphatic rings. The predicted octanol–water partition coefficient (Wildman–Crippen LogP) is 4.22. The van der Waals surface area contributed by atoms with Crippen molar-refractivity contribution in [2.24, 2.45) is 0 Å². The van der Waals surface area contributed by atoms with Crippen LogP contribution >= 0.6 is 22.9 Å². The zero-order valence-electron chi connectivity index (χ0n) is 13.8. The van der Waals surface area contributed by atoms with Gasteiger partial charge in [0.15, 0.2) is 15.0 Å². The molecule has 3 rings (SSSR count). The van der Waals surface area contributed by atoms with Crippen molar-refractivity contribution >= 4 is 54.0 Å². The fraction of sp³-hybridized carbons (Fsp3) is 0.176. The molecule has 0 bridgehead atoms. The largest absolute Gasteiger partial charge is 0.298 e. The maximum absolute atomic E-state index is 12.5. The second-order valence-corrected chi connectivity index (χ2v) is 9.24. The lowest BCUT2D eigenvalue weighted by atomic mass is 10.1. The van der Waals surface area contributed by atoms with E-state index in [0.29, 0.717) is 5.13 Å². The molecule has 0 aliphatic carbocycles. The number of amides is 1. The van der Waals surface area contributed by atoms with Gasteiger partial charge in [0.2, 0.25) is 0 Å². The van der Waals surface area contributed by atoms with E-state index >= 15 is 0 Å². The normalized spacial score (nSPS) is 11.7. The minimum atomic E-state index is -3.52. The highest BCUT2D eigenvalue weighted by atomic mass is 35.5. The van der Waals surface area contributed by atoms with Crippen molar-refractivity contribution in [1.29, 1.82) is 0 Å². The van der Waals surface area contributed by atoms with E-state index in [1.165, 1.54) is 29.5 Å². The summed E-state index contributed by atoms with van der Waals surface area (Å²) in [4.78, 5) is 16.8. The van der Waals surface area contributed by atoms with E-state index in [4.69, 9.17) is 11.6 Å². The van der Waals surface area contributed by atoms with Crippen LogP contribution in [0.15, 0.2) is 35.2 Å². The number of aryl methyl sites for hydroxylation is 2. The van der Waals surface area contributed by atoms with E-state index in [0.717, 1.165) is 27.6 Å². The fourth-order valence-electron chi connectivity index (χ4n) is 2.52. The summed E-state index contributed by atoms with van der Waals surface area (Å²) in [6, 6.07) is 8.20. The van der Waals surface area contributed by atoms with Crippen LogP contribution < -0.4 is 5.32 Å². The minimum Gasteiger partial charge on any atom is -0.298 e. The summed E-state index contributed by atoms with van der Waals surface area (Å²) in [5.74, 6) is -0.435. The third-order valence-corrected chi connectivity index (χ3v) is 6.14. The molecule has 25 heavy (non-hydrogen) atoms. The van der Waals surface area contributed by atoms with Crippen LogP contribution in [0.3, 0.4) is 0 Å². The number of nitrogens with one attached hydrogen (secondary N) is 1. The number of fused-ring (bicyclic) bond motifs is 1. The summed E-state index contributed by atoms with van der Waals surface area (Å²) in [5.41, 5.74) is 3.22. The molecule has 5 nitrogen and oxygen atoms in total. The van der Waals surface area contributed by atoms with Gasteiger partial charge in [0.1, 0.15) is 0 Å². The highest BCUT2D eigenvalue weighted by Gasteiger charge is 2.17. The standard InChI is InChI=1S/C17H15ClN2O3S2/c1-9-6-10(2)15-13(7-9)24-17(19-15)20-16(21)11-4-5-12(18)14(8-11)25(3,22)23/h4-8H,1-3H3,(H,19,20,21). The Morgan fingerprint density at radius 1 is 1.20 bits per heavy atom. The van der Waals surface area contributed by atoms with Crippen molar-refractivity contribution in [3.05, 3.63) is 52.0 Å². The van der Waals surface area contributed by atoms with Gasteiger partial charge >= 0.3 is 0 Å². The molecule has 0 saturated heterocycles. The molecule has 0 radical (unpaired) electrons. The average molecular weight is 395 g/mol. The Hall–Kier alpha value is -1.96. The quantitative estimate of drug-likeness (QED) is 0.721. The topological polar surface area (TPSA) is 76.1 Å². The zero-order valence-corrected chi connectivity index (χ0v) is 16.1. The Morgan fingerprint density at radius 2 is 1.92 bits per heavy atom. The minimum absolute atomic E-state index is 0.0717. The van der Waals surface area contributed by atoms with E-state index in [9.17, 15) is 13.2 Å². The molecular weight excluding hydrogens is 380 g/mol. The lowest BCUT2D eigenvalue weighted by molar-refractivity contribution is 0.102. The third-order valence-electron chi connectivity index (χ3n) is 3.64. The summed E-state index contributed by atoms with van der Waals surface area (Å²) >= 11 is 7.28. The number of hydrogen-bond acceptors (Lipinski definition) is 5. The molecule has 2 aromatic carbocycles. The van der Waals surface area contributed by atoms with Crippen LogP contribution in [0.25, 0.3) is 10.2 Å². The molecule has 0 fully saturated rings. The van der Waals surface area contributed by atoms with Gasteiger partial charge in [-0.15, -0.1) is 0 Å². The van der Waals surface area contributed by atoms with Crippen molar-refractivity contribution in [2.75, 3.05) is 11.6 Å². The molecule has 3 aromatic rings. The number of carbonyl (C=O) groups is 1. The van der Waals surface area contributed by atoms with Gasteiger partial charge in [-0.05, 0) is 49.2 Å². The number of benzene rings is 2. The monoisotopic (exact) mass is 394 g/mol. The predicted molar refractivity (Wildman–Crippen MR) is 102 cm³/mol. The van der Waals surface area contributed by atoms with Crippen molar-refractivity contribution < 1.29 is 13.2 Å². The highest BCUT2D eigenvalue weighted by Crippen LogP contribution is 2.30. The number of hydrogen-bond donors (Lipinski definition) is 1. The maximum Gasteiger partial charge on any atom is 0.257 e. The van der Waals surface area contributed by atoms with Crippen LogP contribution in [0, 0.1) is 13.8 Å². The Kier molecular flexibility index (Phi) is 4.57. The molecule has 1 N–H and O–H groups in total. The van der Waals surface area contributed by atoms with Crippen molar-refractivity contribution in [3.8, 4) is 0 Å². The van der Waals surface area contributed by atoms with E-state index < -0.39 is 15.7 Å². The summed E-state index contributed by atoms with van der Waals surface area (Å²) in [6.45, 7) is 3.98. The van der Waals surface area contributed by atoms with E-state index in [1.54, 1.807) is 0 Å². The first-order valence-electron chi connectivity index (χ1n) is 7.34. The van der Waals surface area contributed by atoms with Crippen LogP contribution in [0.2, 0.25) is 5.02 Å². The first-order valence-corrected chi connectivity index (χ1v) is 10.4. The van der Waals surface area contributed by atoms with E-state index in [2.05, 4.69) is 10.3 Å². The molecule has 130 valence electrons. The summed E-state index contributed by atoms with van der Waals surface area (Å²) in [6.07, 6.45) is 1.05. The van der Waals surface area contributed by atoms with Crippen LogP contribution in [-0.2, 0) is 9.84 Å². The number of aromatic nitrogens is 1.